The van der Waals surface area contributed by atoms with E-state index in [2.05, 4.69) is 72.6 Å². The summed E-state index contributed by atoms with van der Waals surface area (Å²) in [6.07, 6.45) is 6.74. The number of carboxylic acids is 1. The van der Waals surface area contributed by atoms with Gasteiger partial charge in [0.15, 0.2) is 0 Å². The van der Waals surface area contributed by atoms with Gasteiger partial charge in [-0.1, -0.05) is 85.8 Å². The molecule has 202 valence electrons. The van der Waals surface area contributed by atoms with Crippen molar-refractivity contribution in [1.82, 2.24) is 4.98 Å². The van der Waals surface area contributed by atoms with Crippen LogP contribution >= 0.6 is 0 Å². The minimum atomic E-state index is -0.917. The Morgan fingerprint density at radius 1 is 0.850 bits per heavy atom. The third kappa shape index (κ3) is 5.02. The van der Waals surface area contributed by atoms with Crippen molar-refractivity contribution in [2.24, 2.45) is 0 Å². The van der Waals surface area contributed by atoms with Gasteiger partial charge in [-0.15, -0.1) is 0 Å². The maximum absolute atomic E-state index is 12.4. The normalized spacial score (nSPS) is 13.7. The summed E-state index contributed by atoms with van der Waals surface area (Å²) in [7, 11) is 0. The van der Waals surface area contributed by atoms with Gasteiger partial charge >= 0.3 is 5.97 Å². The zero-order valence-electron chi connectivity index (χ0n) is 23.0. The van der Waals surface area contributed by atoms with E-state index in [0.717, 1.165) is 70.7 Å². The van der Waals surface area contributed by atoms with Gasteiger partial charge in [0.25, 0.3) is 0 Å². The molecular formula is C36H35NO3. The predicted octanol–water partition coefficient (Wildman–Crippen LogP) is 9.08. The molecule has 4 aromatic carbocycles. The van der Waals surface area contributed by atoms with Crippen LogP contribution in [-0.2, 0) is 12.8 Å². The first kappa shape index (κ1) is 25.9. The molecule has 5 aromatic rings. The summed E-state index contributed by atoms with van der Waals surface area (Å²) in [5.74, 6) is -0.0540. The topological polar surface area (TPSA) is 62.3 Å². The van der Waals surface area contributed by atoms with Gasteiger partial charge in [0.05, 0.1) is 12.1 Å². The predicted molar refractivity (Wildman–Crippen MR) is 164 cm³/mol. The molecule has 0 unspecified atom stereocenters. The van der Waals surface area contributed by atoms with Crippen LogP contribution in [0.4, 0.5) is 0 Å². The summed E-state index contributed by atoms with van der Waals surface area (Å²) in [6.45, 7) is 2.70. The van der Waals surface area contributed by atoms with Crippen LogP contribution in [0.1, 0.15) is 71.8 Å². The fourth-order valence-corrected chi connectivity index (χ4v) is 6.18. The lowest BCUT2D eigenvalue weighted by molar-refractivity contribution is 0.0690. The van der Waals surface area contributed by atoms with Gasteiger partial charge < -0.3 is 14.8 Å². The number of fused-ring (bicyclic) bond motifs is 2. The molecule has 1 aliphatic carbocycles. The Kier molecular flexibility index (Phi) is 7.41. The molecule has 0 amide bonds. The van der Waals surface area contributed by atoms with E-state index in [1.54, 1.807) is 0 Å². The molecule has 0 fully saturated rings. The number of carbonyl (C=O) groups is 1. The Balaban J connectivity index is 1.31. The zero-order valence-corrected chi connectivity index (χ0v) is 23.0. The van der Waals surface area contributed by atoms with Crippen LogP contribution in [0, 0.1) is 0 Å². The summed E-state index contributed by atoms with van der Waals surface area (Å²) < 4.78 is 6.16. The Morgan fingerprint density at radius 3 is 2.38 bits per heavy atom. The lowest BCUT2D eigenvalue weighted by Gasteiger charge is -2.22. The van der Waals surface area contributed by atoms with Crippen LogP contribution in [-0.4, -0.2) is 22.7 Å². The Hall–Kier alpha value is -4.31. The van der Waals surface area contributed by atoms with E-state index in [9.17, 15) is 9.90 Å². The number of H-pyrrole nitrogens is 1. The molecule has 0 bridgehead atoms. The van der Waals surface area contributed by atoms with Gasteiger partial charge in [-0.25, -0.2) is 4.79 Å². The first-order chi connectivity index (χ1) is 19.6. The number of hydrogen-bond donors (Lipinski definition) is 2. The molecule has 1 aliphatic rings. The van der Waals surface area contributed by atoms with Gasteiger partial charge in [0, 0.05) is 16.3 Å². The number of para-hydroxylation sites is 1. The fourth-order valence-electron chi connectivity index (χ4n) is 6.18. The number of nitrogens with one attached hydrogen (secondary N) is 1. The van der Waals surface area contributed by atoms with Crippen LogP contribution < -0.4 is 4.74 Å². The molecule has 6 rings (SSSR count). The van der Waals surface area contributed by atoms with Crippen molar-refractivity contribution in [1.29, 1.82) is 0 Å². The van der Waals surface area contributed by atoms with Crippen molar-refractivity contribution >= 4 is 38.8 Å². The molecule has 4 nitrogen and oxygen atoms in total. The number of hydrogen-bond acceptors (Lipinski definition) is 2. The molecule has 0 saturated carbocycles. The number of rotatable bonds is 9. The molecule has 40 heavy (non-hydrogen) atoms. The van der Waals surface area contributed by atoms with Crippen LogP contribution in [0.5, 0.6) is 5.75 Å². The zero-order chi connectivity index (χ0) is 27.5. The number of ether oxygens (including phenoxy) is 1. The largest absolute Gasteiger partial charge is 0.493 e. The van der Waals surface area contributed by atoms with E-state index in [4.69, 9.17) is 4.74 Å². The van der Waals surface area contributed by atoms with Crippen molar-refractivity contribution in [3.63, 3.8) is 0 Å². The van der Waals surface area contributed by atoms with Gasteiger partial charge in [-0.3, -0.25) is 0 Å². The highest BCUT2D eigenvalue weighted by atomic mass is 16.5. The van der Waals surface area contributed by atoms with E-state index < -0.39 is 5.97 Å². The average Bonchev–Trinajstić information content (AvgIpc) is 3.38. The maximum Gasteiger partial charge on any atom is 0.352 e. The van der Waals surface area contributed by atoms with Crippen molar-refractivity contribution in [2.45, 2.75) is 51.9 Å². The van der Waals surface area contributed by atoms with Crippen LogP contribution in [0.3, 0.4) is 0 Å². The summed E-state index contributed by atoms with van der Waals surface area (Å²) in [5, 5.41) is 13.4. The van der Waals surface area contributed by atoms with Crippen LogP contribution in [0.2, 0.25) is 0 Å². The standard InChI is InChI=1S/C36H35NO3/c1-2-24-19-21-26(22-20-24)27-12-5-6-14-29(27)30-15-8-16-31-32(35(36(38)39)37-34(30)31)17-9-23-40-33-18-7-11-25-10-3-4-13-28(25)33/h3-4,7-8,10-11,13,15-16,18-22,37H,2,5-6,9,12,14,17,23H2,1H3,(H,38,39). The van der Waals surface area contributed by atoms with E-state index >= 15 is 0 Å². The molecule has 0 atom stereocenters. The third-order valence-corrected chi connectivity index (χ3v) is 8.24. The van der Waals surface area contributed by atoms with Crippen molar-refractivity contribution in [2.75, 3.05) is 6.61 Å². The molecule has 1 aromatic heterocycles. The van der Waals surface area contributed by atoms with E-state index in [0.29, 0.717) is 13.0 Å². The minimum absolute atomic E-state index is 0.290. The molecule has 2 N–H and O–H groups in total. The van der Waals surface area contributed by atoms with Crippen LogP contribution in [0.25, 0.3) is 32.8 Å². The van der Waals surface area contributed by atoms with E-state index in [1.807, 2.05) is 24.3 Å². The smallest absolute Gasteiger partial charge is 0.352 e. The fraction of sp³-hybridized carbons (Fsp3) is 0.250. The highest BCUT2D eigenvalue weighted by molar-refractivity contribution is 6.05. The summed E-state index contributed by atoms with van der Waals surface area (Å²) >= 11 is 0. The van der Waals surface area contributed by atoms with Crippen molar-refractivity contribution < 1.29 is 14.6 Å². The SMILES string of the molecule is CCc1ccc(C2=C(c3cccc4c(CCCOc5cccc6ccccc56)c(C(=O)O)[nH]c34)CCCC2)cc1. The van der Waals surface area contributed by atoms with Crippen LogP contribution in [0.15, 0.2) is 84.9 Å². The summed E-state index contributed by atoms with van der Waals surface area (Å²) in [4.78, 5) is 15.7. The molecular weight excluding hydrogens is 494 g/mol. The Labute approximate surface area is 235 Å². The first-order valence-electron chi connectivity index (χ1n) is 14.4. The molecule has 0 spiro atoms. The molecule has 0 saturated heterocycles. The van der Waals surface area contributed by atoms with Gasteiger partial charge in [0.1, 0.15) is 11.4 Å². The van der Waals surface area contributed by atoms with Crippen molar-refractivity contribution in [3.8, 4) is 5.75 Å². The summed E-state index contributed by atoms with van der Waals surface area (Å²) in [6, 6.07) is 29.5. The summed E-state index contributed by atoms with van der Waals surface area (Å²) in [5.41, 5.74) is 8.56. The Morgan fingerprint density at radius 2 is 1.57 bits per heavy atom. The number of aromatic nitrogens is 1. The van der Waals surface area contributed by atoms with Crippen molar-refractivity contribution in [3.05, 3.63) is 113 Å². The number of allylic oxidation sites excluding steroid dienone is 2. The average molecular weight is 530 g/mol. The minimum Gasteiger partial charge on any atom is -0.493 e. The highest BCUT2D eigenvalue weighted by Gasteiger charge is 2.22. The monoisotopic (exact) mass is 529 g/mol. The van der Waals surface area contributed by atoms with Gasteiger partial charge in [-0.05, 0) is 84.2 Å². The number of aromatic carboxylic acids is 1. The third-order valence-electron chi connectivity index (χ3n) is 8.24. The second kappa shape index (κ2) is 11.4. The molecule has 4 heteroatoms. The van der Waals surface area contributed by atoms with Gasteiger partial charge in [0.2, 0.25) is 0 Å². The lowest BCUT2D eigenvalue weighted by Crippen LogP contribution is -2.04. The molecule has 1 heterocycles. The molecule has 0 radical (unpaired) electrons. The number of aryl methyl sites for hydroxylation is 2. The number of benzene rings is 4. The first-order valence-corrected chi connectivity index (χ1v) is 14.4. The lowest BCUT2D eigenvalue weighted by atomic mass is 9.83. The Bertz CT molecular complexity index is 1700. The second-order valence-corrected chi connectivity index (χ2v) is 10.7. The van der Waals surface area contributed by atoms with E-state index in [1.165, 1.54) is 28.7 Å². The van der Waals surface area contributed by atoms with E-state index in [-0.39, 0.29) is 5.69 Å². The quantitative estimate of drug-likeness (QED) is 0.187. The second-order valence-electron chi connectivity index (χ2n) is 10.7. The highest BCUT2D eigenvalue weighted by Crippen LogP contribution is 2.41. The number of carboxylic acid groups (broad SMARTS) is 1. The molecule has 0 aliphatic heterocycles. The van der Waals surface area contributed by atoms with Gasteiger partial charge in [-0.2, -0.15) is 0 Å². The number of aromatic amines is 1. The maximum atomic E-state index is 12.4.